The van der Waals surface area contributed by atoms with Crippen LogP contribution in [0.15, 0.2) is 66.9 Å². The van der Waals surface area contributed by atoms with Gasteiger partial charge in [-0.15, -0.1) is 0 Å². The zero-order chi connectivity index (χ0) is 17.2. The van der Waals surface area contributed by atoms with Crippen LogP contribution in [0.3, 0.4) is 0 Å². The van der Waals surface area contributed by atoms with E-state index < -0.39 is 0 Å². The Morgan fingerprint density at radius 3 is 2.68 bits per heavy atom. The Hall–Kier alpha value is -2.98. The molecule has 2 aromatic carbocycles. The molecule has 0 fully saturated rings. The number of hydrogen-bond acceptors (Lipinski definition) is 3. The van der Waals surface area contributed by atoms with Crippen molar-refractivity contribution in [2.75, 3.05) is 0 Å². The number of nitrogens with zero attached hydrogens (tertiary/aromatic N) is 2. The van der Waals surface area contributed by atoms with Crippen LogP contribution in [-0.4, -0.2) is 20.7 Å². The molecule has 2 heterocycles. The first-order valence-electron chi connectivity index (χ1n) is 7.88. The number of hydrogen-bond donors (Lipinski definition) is 1. The lowest BCUT2D eigenvalue weighted by atomic mass is 10.0. The molecular weight excluding hydrogens is 334 g/mol. The number of aromatic nitrogens is 3. The number of ketones is 1. The van der Waals surface area contributed by atoms with E-state index in [9.17, 15) is 4.79 Å². The van der Waals surface area contributed by atoms with Gasteiger partial charge in [0.25, 0.3) is 0 Å². The van der Waals surface area contributed by atoms with E-state index in [1.807, 2.05) is 42.5 Å². The van der Waals surface area contributed by atoms with E-state index in [1.165, 1.54) is 0 Å². The number of rotatable bonds is 4. The predicted octanol–water partition coefficient (Wildman–Crippen LogP) is 4.70. The van der Waals surface area contributed by atoms with Gasteiger partial charge in [0, 0.05) is 18.2 Å². The van der Waals surface area contributed by atoms with E-state index in [0.717, 1.165) is 22.2 Å². The van der Waals surface area contributed by atoms with Crippen LogP contribution in [0.25, 0.3) is 22.4 Å². The molecule has 0 aliphatic rings. The second-order valence-electron chi connectivity index (χ2n) is 5.73. The SMILES string of the molecule is O=C(Cc1ccc(Cl)c(-c2nc3ccccc3[nH]2)c1)c1ccccn1. The fourth-order valence-electron chi connectivity index (χ4n) is 2.75. The summed E-state index contributed by atoms with van der Waals surface area (Å²) in [6, 6.07) is 18.7. The zero-order valence-electron chi connectivity index (χ0n) is 13.2. The van der Waals surface area contributed by atoms with Crippen LogP contribution in [0.4, 0.5) is 0 Å². The number of carbonyl (C=O) groups is 1. The van der Waals surface area contributed by atoms with Crippen molar-refractivity contribution in [2.45, 2.75) is 6.42 Å². The fraction of sp³-hybridized carbons (Fsp3) is 0.0500. The molecule has 4 nitrogen and oxygen atoms in total. The van der Waals surface area contributed by atoms with Gasteiger partial charge >= 0.3 is 0 Å². The second kappa shape index (κ2) is 6.49. The Bertz CT molecular complexity index is 1020. The highest BCUT2D eigenvalue weighted by Gasteiger charge is 2.13. The second-order valence-corrected chi connectivity index (χ2v) is 6.14. The number of pyridine rings is 1. The van der Waals surface area contributed by atoms with Gasteiger partial charge < -0.3 is 4.98 Å². The molecule has 0 atom stereocenters. The lowest BCUT2D eigenvalue weighted by molar-refractivity contribution is 0.0988. The highest BCUT2D eigenvalue weighted by atomic mass is 35.5. The average molecular weight is 348 g/mol. The lowest BCUT2D eigenvalue weighted by Crippen LogP contribution is -2.05. The highest BCUT2D eigenvalue weighted by molar-refractivity contribution is 6.33. The first kappa shape index (κ1) is 15.5. The summed E-state index contributed by atoms with van der Waals surface area (Å²) in [6.07, 6.45) is 1.89. The van der Waals surface area contributed by atoms with Crippen molar-refractivity contribution in [3.63, 3.8) is 0 Å². The number of H-pyrrole nitrogens is 1. The number of Topliss-reactive ketones (excluding diaryl/α,β-unsaturated/α-hetero) is 1. The third-order valence-corrected chi connectivity index (χ3v) is 4.32. The van der Waals surface area contributed by atoms with Crippen molar-refractivity contribution < 1.29 is 4.79 Å². The molecule has 4 rings (SSSR count). The molecule has 0 saturated carbocycles. The van der Waals surface area contributed by atoms with E-state index in [-0.39, 0.29) is 12.2 Å². The normalized spacial score (nSPS) is 10.9. The van der Waals surface area contributed by atoms with Gasteiger partial charge in [0.15, 0.2) is 5.78 Å². The molecule has 0 bridgehead atoms. The van der Waals surface area contributed by atoms with Crippen molar-refractivity contribution in [2.24, 2.45) is 0 Å². The van der Waals surface area contributed by atoms with Gasteiger partial charge in [0.2, 0.25) is 0 Å². The molecule has 0 unspecified atom stereocenters. The maximum absolute atomic E-state index is 12.4. The summed E-state index contributed by atoms with van der Waals surface area (Å²) in [7, 11) is 0. The lowest BCUT2D eigenvalue weighted by Gasteiger charge is -2.05. The number of para-hydroxylation sites is 2. The maximum Gasteiger partial charge on any atom is 0.185 e. The molecule has 0 saturated heterocycles. The van der Waals surface area contributed by atoms with Crippen molar-refractivity contribution in [3.8, 4) is 11.4 Å². The molecule has 0 aliphatic carbocycles. The van der Waals surface area contributed by atoms with Gasteiger partial charge in [-0.1, -0.05) is 35.9 Å². The summed E-state index contributed by atoms with van der Waals surface area (Å²) in [5, 5.41) is 0.591. The van der Waals surface area contributed by atoms with Gasteiger partial charge in [0.05, 0.1) is 16.1 Å². The molecule has 25 heavy (non-hydrogen) atoms. The van der Waals surface area contributed by atoms with Gasteiger partial charge in [-0.3, -0.25) is 9.78 Å². The Balaban J connectivity index is 1.68. The maximum atomic E-state index is 12.4. The van der Waals surface area contributed by atoms with E-state index in [0.29, 0.717) is 16.5 Å². The molecule has 4 aromatic rings. The fourth-order valence-corrected chi connectivity index (χ4v) is 2.95. The minimum atomic E-state index is -0.0292. The van der Waals surface area contributed by atoms with Crippen LogP contribution < -0.4 is 0 Å². The first-order chi connectivity index (χ1) is 12.2. The number of imidazole rings is 1. The minimum Gasteiger partial charge on any atom is -0.338 e. The number of benzene rings is 2. The third-order valence-electron chi connectivity index (χ3n) is 3.99. The van der Waals surface area contributed by atoms with E-state index in [2.05, 4.69) is 15.0 Å². The Labute approximate surface area is 149 Å². The van der Waals surface area contributed by atoms with Crippen LogP contribution >= 0.6 is 11.6 Å². The largest absolute Gasteiger partial charge is 0.338 e. The van der Waals surface area contributed by atoms with Crippen LogP contribution in [0, 0.1) is 0 Å². The monoisotopic (exact) mass is 347 g/mol. The molecule has 1 N–H and O–H groups in total. The third kappa shape index (κ3) is 3.16. The van der Waals surface area contributed by atoms with Gasteiger partial charge in [-0.2, -0.15) is 0 Å². The van der Waals surface area contributed by atoms with E-state index in [1.54, 1.807) is 24.4 Å². The summed E-state index contributed by atoms with van der Waals surface area (Å²) in [4.78, 5) is 24.3. The average Bonchev–Trinajstić information content (AvgIpc) is 3.08. The molecule has 0 spiro atoms. The van der Waals surface area contributed by atoms with Crippen LogP contribution in [0.1, 0.15) is 16.1 Å². The van der Waals surface area contributed by atoms with Crippen molar-refractivity contribution >= 4 is 28.4 Å². The molecule has 0 amide bonds. The van der Waals surface area contributed by atoms with Crippen LogP contribution in [0.2, 0.25) is 5.02 Å². The van der Waals surface area contributed by atoms with Gasteiger partial charge in [-0.05, 0) is 42.0 Å². The first-order valence-corrected chi connectivity index (χ1v) is 8.26. The topological polar surface area (TPSA) is 58.6 Å². The Morgan fingerprint density at radius 1 is 1.04 bits per heavy atom. The van der Waals surface area contributed by atoms with Crippen molar-refractivity contribution in [3.05, 3.63) is 83.1 Å². The van der Waals surface area contributed by atoms with E-state index >= 15 is 0 Å². The molecule has 122 valence electrons. The number of fused-ring (bicyclic) bond motifs is 1. The van der Waals surface area contributed by atoms with Gasteiger partial charge in [0.1, 0.15) is 11.5 Å². The van der Waals surface area contributed by atoms with E-state index in [4.69, 9.17) is 11.6 Å². The summed E-state index contributed by atoms with van der Waals surface area (Å²) >= 11 is 6.35. The molecular formula is C20H14ClN3O. The quantitative estimate of drug-likeness (QED) is 0.544. The zero-order valence-corrected chi connectivity index (χ0v) is 14.0. The molecule has 0 radical (unpaired) electrons. The van der Waals surface area contributed by atoms with Gasteiger partial charge in [-0.25, -0.2) is 4.98 Å². The Morgan fingerprint density at radius 2 is 1.88 bits per heavy atom. The van der Waals surface area contributed by atoms with Crippen LogP contribution in [0.5, 0.6) is 0 Å². The minimum absolute atomic E-state index is 0.0292. The molecule has 5 heteroatoms. The van der Waals surface area contributed by atoms with Crippen LogP contribution in [-0.2, 0) is 6.42 Å². The van der Waals surface area contributed by atoms with Crippen molar-refractivity contribution in [1.82, 2.24) is 15.0 Å². The number of aromatic amines is 1. The highest BCUT2D eigenvalue weighted by Crippen LogP contribution is 2.29. The standard InChI is InChI=1S/C20H14ClN3O/c21-15-9-8-13(12-19(25)18-7-3-4-10-22-18)11-14(15)20-23-16-5-1-2-6-17(16)24-20/h1-11H,12H2,(H,23,24). The number of halogens is 1. The number of carbonyl (C=O) groups excluding carboxylic acids is 1. The number of nitrogens with one attached hydrogen (secondary N) is 1. The summed E-state index contributed by atoms with van der Waals surface area (Å²) in [6.45, 7) is 0. The Kier molecular flexibility index (Phi) is 4.04. The summed E-state index contributed by atoms with van der Waals surface area (Å²) in [5.41, 5.74) is 3.94. The molecule has 0 aliphatic heterocycles. The predicted molar refractivity (Wildman–Crippen MR) is 98.8 cm³/mol. The van der Waals surface area contributed by atoms with Crippen molar-refractivity contribution in [1.29, 1.82) is 0 Å². The summed E-state index contributed by atoms with van der Waals surface area (Å²) in [5.74, 6) is 0.664. The smallest absolute Gasteiger partial charge is 0.185 e. The molecule has 2 aromatic heterocycles. The summed E-state index contributed by atoms with van der Waals surface area (Å²) < 4.78 is 0.